The van der Waals surface area contributed by atoms with Crippen molar-refractivity contribution in [3.63, 3.8) is 0 Å². The molecule has 0 aliphatic carbocycles. The molecule has 0 aromatic heterocycles. The van der Waals surface area contributed by atoms with Crippen LogP contribution in [0.3, 0.4) is 0 Å². The summed E-state index contributed by atoms with van der Waals surface area (Å²) in [6.07, 6.45) is 2.21. The van der Waals surface area contributed by atoms with Crippen LogP contribution in [0.5, 0.6) is 0 Å². The Balaban J connectivity index is 2.92. The van der Waals surface area contributed by atoms with Gasteiger partial charge in [-0.2, -0.15) is 0 Å². The monoisotopic (exact) mass is 117 g/mol. The highest BCUT2D eigenvalue weighted by atomic mass is 16.5. The van der Waals surface area contributed by atoms with Crippen LogP contribution in [0.1, 0.15) is 19.8 Å². The maximum atomic E-state index is 5.57. The van der Waals surface area contributed by atoms with Gasteiger partial charge in [0.25, 0.3) is 0 Å². The maximum absolute atomic E-state index is 5.57. The van der Waals surface area contributed by atoms with Crippen LogP contribution in [0.2, 0.25) is 0 Å². The number of ether oxygens (including phenoxy) is 1. The van der Waals surface area contributed by atoms with Crippen LogP contribution >= 0.6 is 0 Å². The molecule has 2 heteroatoms. The molecule has 0 spiro atoms. The van der Waals surface area contributed by atoms with E-state index in [1.807, 2.05) is 0 Å². The Labute approximate surface area is 51.0 Å². The van der Waals surface area contributed by atoms with Crippen molar-refractivity contribution in [2.75, 3.05) is 13.7 Å². The van der Waals surface area contributed by atoms with Crippen LogP contribution in [0.15, 0.2) is 0 Å². The van der Waals surface area contributed by atoms with E-state index in [1.165, 1.54) is 0 Å². The summed E-state index contributed by atoms with van der Waals surface area (Å²) < 4.78 is 4.83. The molecular formula is C6H15NO. The molecule has 0 rings (SSSR count). The number of rotatable bonds is 4. The molecule has 0 radical (unpaired) electrons. The van der Waals surface area contributed by atoms with Gasteiger partial charge in [0.15, 0.2) is 0 Å². The Kier molecular flexibility index (Phi) is 5.01. The lowest BCUT2D eigenvalue weighted by Crippen LogP contribution is -2.24. The van der Waals surface area contributed by atoms with Gasteiger partial charge in [-0.3, -0.25) is 0 Å². The van der Waals surface area contributed by atoms with E-state index in [-0.39, 0.29) is 6.04 Å². The third-order valence-corrected chi connectivity index (χ3v) is 1.04. The first kappa shape index (κ1) is 7.92. The van der Waals surface area contributed by atoms with Gasteiger partial charge >= 0.3 is 0 Å². The molecule has 0 aliphatic heterocycles. The van der Waals surface area contributed by atoms with Gasteiger partial charge in [0.1, 0.15) is 0 Å². The molecule has 0 heterocycles. The summed E-state index contributed by atoms with van der Waals surface area (Å²) in [6.45, 7) is 2.81. The van der Waals surface area contributed by atoms with Crippen LogP contribution in [0.4, 0.5) is 0 Å². The molecule has 0 saturated heterocycles. The summed E-state index contributed by atoms with van der Waals surface area (Å²) in [4.78, 5) is 0. The topological polar surface area (TPSA) is 35.2 Å². The van der Waals surface area contributed by atoms with Crippen LogP contribution in [0, 0.1) is 0 Å². The largest absolute Gasteiger partial charge is 0.383 e. The van der Waals surface area contributed by atoms with E-state index in [2.05, 4.69) is 6.92 Å². The average molecular weight is 117 g/mol. The smallest absolute Gasteiger partial charge is 0.0613 e. The summed E-state index contributed by atoms with van der Waals surface area (Å²) in [7, 11) is 1.68. The Morgan fingerprint density at radius 1 is 1.62 bits per heavy atom. The number of nitrogens with two attached hydrogens (primary N) is 1. The van der Waals surface area contributed by atoms with Gasteiger partial charge < -0.3 is 10.5 Å². The Hall–Kier alpha value is -0.0800. The number of hydrogen-bond acceptors (Lipinski definition) is 2. The SMILES string of the molecule is CCCC(N)COC. The summed E-state index contributed by atoms with van der Waals surface area (Å²) >= 11 is 0. The van der Waals surface area contributed by atoms with Gasteiger partial charge in [-0.05, 0) is 6.42 Å². The lowest BCUT2D eigenvalue weighted by molar-refractivity contribution is 0.176. The van der Waals surface area contributed by atoms with E-state index in [0.717, 1.165) is 12.8 Å². The minimum absolute atomic E-state index is 0.241. The first-order chi connectivity index (χ1) is 3.81. The lowest BCUT2D eigenvalue weighted by atomic mass is 10.2. The Morgan fingerprint density at radius 2 is 2.25 bits per heavy atom. The zero-order valence-corrected chi connectivity index (χ0v) is 5.68. The fourth-order valence-electron chi connectivity index (χ4n) is 0.668. The summed E-state index contributed by atoms with van der Waals surface area (Å²) in [6, 6.07) is 0.241. The van der Waals surface area contributed by atoms with E-state index in [4.69, 9.17) is 10.5 Å². The molecule has 0 saturated carbocycles. The van der Waals surface area contributed by atoms with Crippen LogP contribution in [0.25, 0.3) is 0 Å². The van der Waals surface area contributed by atoms with Crippen LogP contribution in [-0.4, -0.2) is 19.8 Å². The van der Waals surface area contributed by atoms with Gasteiger partial charge in [-0.15, -0.1) is 0 Å². The van der Waals surface area contributed by atoms with E-state index >= 15 is 0 Å². The van der Waals surface area contributed by atoms with Gasteiger partial charge in [0.2, 0.25) is 0 Å². The van der Waals surface area contributed by atoms with Crippen molar-refractivity contribution < 1.29 is 4.74 Å². The van der Waals surface area contributed by atoms with E-state index in [0.29, 0.717) is 6.61 Å². The number of methoxy groups -OCH3 is 1. The van der Waals surface area contributed by atoms with Crippen molar-refractivity contribution in [2.24, 2.45) is 5.73 Å². The molecule has 8 heavy (non-hydrogen) atoms. The second-order valence-electron chi connectivity index (χ2n) is 2.00. The Morgan fingerprint density at radius 3 is 2.62 bits per heavy atom. The van der Waals surface area contributed by atoms with Gasteiger partial charge in [-0.1, -0.05) is 13.3 Å². The summed E-state index contributed by atoms with van der Waals surface area (Å²) in [5.74, 6) is 0. The second-order valence-corrected chi connectivity index (χ2v) is 2.00. The van der Waals surface area contributed by atoms with E-state index in [1.54, 1.807) is 7.11 Å². The average Bonchev–Trinajstić information content (AvgIpc) is 1.68. The van der Waals surface area contributed by atoms with Crippen molar-refractivity contribution in [1.29, 1.82) is 0 Å². The first-order valence-corrected chi connectivity index (χ1v) is 3.05. The number of hydrogen-bond donors (Lipinski definition) is 1. The summed E-state index contributed by atoms with van der Waals surface area (Å²) in [5, 5.41) is 0. The molecular weight excluding hydrogens is 102 g/mol. The van der Waals surface area contributed by atoms with E-state index < -0.39 is 0 Å². The fourth-order valence-corrected chi connectivity index (χ4v) is 0.668. The molecule has 50 valence electrons. The van der Waals surface area contributed by atoms with Crippen molar-refractivity contribution in [3.05, 3.63) is 0 Å². The molecule has 0 aromatic rings. The minimum Gasteiger partial charge on any atom is -0.383 e. The van der Waals surface area contributed by atoms with Gasteiger partial charge in [0, 0.05) is 13.2 Å². The van der Waals surface area contributed by atoms with Crippen molar-refractivity contribution in [1.82, 2.24) is 0 Å². The zero-order valence-electron chi connectivity index (χ0n) is 5.68. The molecule has 0 aromatic carbocycles. The van der Waals surface area contributed by atoms with Crippen LogP contribution in [-0.2, 0) is 4.74 Å². The van der Waals surface area contributed by atoms with Gasteiger partial charge in [-0.25, -0.2) is 0 Å². The van der Waals surface area contributed by atoms with Crippen molar-refractivity contribution in [2.45, 2.75) is 25.8 Å². The molecule has 0 amide bonds. The normalized spacial score (nSPS) is 13.9. The molecule has 0 aliphatic rings. The molecule has 2 nitrogen and oxygen atoms in total. The predicted molar refractivity (Wildman–Crippen MR) is 34.8 cm³/mol. The van der Waals surface area contributed by atoms with Crippen LogP contribution < -0.4 is 5.73 Å². The quantitative estimate of drug-likeness (QED) is 0.590. The molecule has 0 fully saturated rings. The highest BCUT2D eigenvalue weighted by Crippen LogP contribution is 1.91. The fraction of sp³-hybridized carbons (Fsp3) is 1.00. The minimum atomic E-state index is 0.241. The molecule has 1 atom stereocenters. The third-order valence-electron chi connectivity index (χ3n) is 1.04. The lowest BCUT2D eigenvalue weighted by Gasteiger charge is -2.06. The van der Waals surface area contributed by atoms with Crippen molar-refractivity contribution >= 4 is 0 Å². The second kappa shape index (κ2) is 5.06. The highest BCUT2D eigenvalue weighted by molar-refractivity contribution is 4.56. The first-order valence-electron chi connectivity index (χ1n) is 3.05. The third kappa shape index (κ3) is 4.09. The molecule has 1 unspecified atom stereocenters. The maximum Gasteiger partial charge on any atom is 0.0613 e. The zero-order chi connectivity index (χ0) is 6.41. The molecule has 0 bridgehead atoms. The van der Waals surface area contributed by atoms with E-state index in [9.17, 15) is 0 Å². The summed E-state index contributed by atoms with van der Waals surface area (Å²) in [5.41, 5.74) is 5.57. The Bertz CT molecular complexity index is 41.8. The highest BCUT2D eigenvalue weighted by Gasteiger charge is 1.96. The van der Waals surface area contributed by atoms with Crippen molar-refractivity contribution in [3.8, 4) is 0 Å². The molecule has 2 N–H and O–H groups in total. The standard InChI is InChI=1S/C6H15NO/c1-3-4-6(7)5-8-2/h6H,3-5,7H2,1-2H3. The predicted octanol–water partition coefficient (Wildman–Crippen LogP) is 0.760. The van der Waals surface area contributed by atoms with Gasteiger partial charge in [0.05, 0.1) is 6.61 Å².